The van der Waals surface area contributed by atoms with Crippen molar-refractivity contribution in [2.45, 2.75) is 18.6 Å². The van der Waals surface area contributed by atoms with Gasteiger partial charge in [-0.15, -0.1) is 0 Å². The van der Waals surface area contributed by atoms with Crippen molar-refractivity contribution in [1.29, 1.82) is 0 Å². The van der Waals surface area contributed by atoms with Crippen molar-refractivity contribution in [2.75, 3.05) is 0 Å². The maximum atomic E-state index is 9.93. The highest BCUT2D eigenvalue weighted by atomic mass is 79.9. The van der Waals surface area contributed by atoms with E-state index in [4.69, 9.17) is 4.74 Å². The Morgan fingerprint density at radius 3 is 2.67 bits per heavy atom. The number of benzene rings is 2. The lowest BCUT2D eigenvalue weighted by atomic mass is 9.91. The van der Waals surface area contributed by atoms with Crippen LogP contribution >= 0.6 is 31.9 Å². The Kier molecular flexibility index (Phi) is 4.48. The molecule has 4 heteroatoms. The highest BCUT2D eigenvalue weighted by molar-refractivity contribution is 9.11. The van der Waals surface area contributed by atoms with Crippen molar-refractivity contribution >= 4 is 37.9 Å². The van der Waals surface area contributed by atoms with Crippen LogP contribution < -0.4 is 4.74 Å². The number of allylic oxidation sites excluding steroid dienone is 1. The molecule has 0 fully saturated rings. The lowest BCUT2D eigenvalue weighted by molar-refractivity contribution is -0.0359. The summed E-state index contributed by atoms with van der Waals surface area (Å²) in [5.74, 6) is 0.845. The summed E-state index contributed by atoms with van der Waals surface area (Å²) in [4.78, 5) is 0. The predicted molar refractivity (Wildman–Crippen MR) is 91.3 cm³/mol. The van der Waals surface area contributed by atoms with Crippen LogP contribution in [0.25, 0.3) is 6.08 Å². The molecule has 0 aromatic heterocycles. The number of fused-ring (bicyclic) bond motifs is 1. The Morgan fingerprint density at radius 2 is 1.90 bits per heavy atom. The van der Waals surface area contributed by atoms with Gasteiger partial charge in [-0.2, -0.15) is 0 Å². The summed E-state index contributed by atoms with van der Waals surface area (Å²) in [6, 6.07) is 14.1. The average molecular weight is 410 g/mol. The van der Waals surface area contributed by atoms with Gasteiger partial charge in [0.05, 0.1) is 4.47 Å². The Balaban J connectivity index is 1.96. The third-order valence-corrected chi connectivity index (χ3v) is 4.51. The first-order valence-corrected chi connectivity index (χ1v) is 8.29. The van der Waals surface area contributed by atoms with Gasteiger partial charge in [0.1, 0.15) is 5.75 Å². The molecule has 2 nitrogen and oxygen atoms in total. The number of hydrogen-bond donors (Lipinski definition) is 1. The van der Waals surface area contributed by atoms with Crippen molar-refractivity contribution in [3.05, 3.63) is 68.6 Å². The van der Waals surface area contributed by atoms with E-state index >= 15 is 0 Å². The molecule has 1 N–H and O–H groups in total. The molecule has 0 saturated heterocycles. The van der Waals surface area contributed by atoms with E-state index in [1.54, 1.807) is 0 Å². The molecular formula is C17H14Br2O2. The van der Waals surface area contributed by atoms with Crippen LogP contribution in [-0.2, 0) is 0 Å². The van der Waals surface area contributed by atoms with Gasteiger partial charge in [0.2, 0.25) is 0 Å². The average Bonchev–Trinajstić information content (AvgIpc) is 2.47. The van der Waals surface area contributed by atoms with Gasteiger partial charge in [0.15, 0.2) is 6.29 Å². The minimum Gasteiger partial charge on any atom is -0.464 e. The first-order chi connectivity index (χ1) is 10.1. The summed E-state index contributed by atoms with van der Waals surface area (Å²) in [5, 5.41) is 9.93. The molecule has 1 aliphatic rings. The molecular weight excluding hydrogens is 396 g/mol. The standard InChI is InChI=1S/C17H14Br2O2/c18-13-9-14-12(7-6-11-4-2-1-3-5-11)8-16(20)21-17(14)15(19)10-13/h1-7,9-10,12,16,20H,8H2/b7-6+. The number of halogens is 2. The van der Waals surface area contributed by atoms with E-state index in [-0.39, 0.29) is 5.92 Å². The van der Waals surface area contributed by atoms with Crippen LogP contribution in [0.2, 0.25) is 0 Å². The fraction of sp³-hybridized carbons (Fsp3) is 0.176. The molecule has 108 valence electrons. The normalized spacial score (nSPS) is 21.1. The Bertz CT molecular complexity index is 668. The number of hydrogen-bond acceptors (Lipinski definition) is 2. The quantitative estimate of drug-likeness (QED) is 0.746. The lowest BCUT2D eigenvalue weighted by Gasteiger charge is -2.28. The van der Waals surface area contributed by atoms with Gasteiger partial charge < -0.3 is 9.84 Å². The zero-order valence-corrected chi connectivity index (χ0v) is 14.3. The number of aliphatic hydroxyl groups is 1. The molecule has 2 unspecified atom stereocenters. The van der Waals surface area contributed by atoms with Crippen molar-refractivity contribution in [1.82, 2.24) is 0 Å². The number of aliphatic hydroxyl groups excluding tert-OH is 1. The zero-order chi connectivity index (χ0) is 14.8. The van der Waals surface area contributed by atoms with E-state index in [1.165, 1.54) is 0 Å². The number of rotatable bonds is 2. The third kappa shape index (κ3) is 3.39. The first-order valence-electron chi connectivity index (χ1n) is 6.70. The Morgan fingerprint density at radius 1 is 1.14 bits per heavy atom. The second-order valence-electron chi connectivity index (χ2n) is 4.99. The monoisotopic (exact) mass is 408 g/mol. The maximum Gasteiger partial charge on any atom is 0.198 e. The second-order valence-corrected chi connectivity index (χ2v) is 6.76. The molecule has 2 aromatic carbocycles. The molecule has 21 heavy (non-hydrogen) atoms. The van der Waals surface area contributed by atoms with Gasteiger partial charge in [-0.05, 0) is 33.6 Å². The topological polar surface area (TPSA) is 29.5 Å². The van der Waals surface area contributed by atoms with Crippen LogP contribution in [0.15, 0.2) is 57.5 Å². The van der Waals surface area contributed by atoms with Gasteiger partial charge in [0.25, 0.3) is 0 Å². The summed E-state index contributed by atoms with van der Waals surface area (Å²) >= 11 is 7.00. The van der Waals surface area contributed by atoms with E-state index in [1.807, 2.05) is 30.3 Å². The summed E-state index contributed by atoms with van der Waals surface area (Å²) in [5.41, 5.74) is 2.22. The van der Waals surface area contributed by atoms with E-state index < -0.39 is 6.29 Å². The van der Waals surface area contributed by atoms with Crippen LogP contribution in [0.1, 0.15) is 23.5 Å². The largest absolute Gasteiger partial charge is 0.464 e. The molecule has 0 aliphatic carbocycles. The van der Waals surface area contributed by atoms with Crippen molar-refractivity contribution in [2.24, 2.45) is 0 Å². The Labute approximate surface area is 140 Å². The van der Waals surface area contributed by atoms with Crippen molar-refractivity contribution < 1.29 is 9.84 Å². The van der Waals surface area contributed by atoms with Crippen LogP contribution in [0.5, 0.6) is 5.75 Å². The van der Waals surface area contributed by atoms with E-state index in [0.29, 0.717) is 6.42 Å². The Hall–Kier alpha value is -1.10. The fourth-order valence-corrected chi connectivity index (χ4v) is 3.83. The molecule has 0 bridgehead atoms. The smallest absolute Gasteiger partial charge is 0.198 e. The molecule has 0 radical (unpaired) electrons. The number of ether oxygens (including phenoxy) is 1. The van der Waals surface area contributed by atoms with Gasteiger partial charge in [-0.3, -0.25) is 0 Å². The van der Waals surface area contributed by atoms with Gasteiger partial charge in [-0.25, -0.2) is 0 Å². The van der Waals surface area contributed by atoms with E-state index in [0.717, 1.165) is 25.8 Å². The molecule has 3 rings (SSSR count). The molecule has 1 heterocycles. The van der Waals surface area contributed by atoms with Gasteiger partial charge in [-0.1, -0.05) is 58.4 Å². The summed E-state index contributed by atoms with van der Waals surface area (Å²) in [6.45, 7) is 0. The van der Waals surface area contributed by atoms with Gasteiger partial charge in [0, 0.05) is 22.4 Å². The second kappa shape index (κ2) is 6.34. The highest BCUT2D eigenvalue weighted by Crippen LogP contribution is 2.43. The predicted octanol–water partition coefficient (Wildman–Crippen LogP) is 5.11. The molecule has 1 aliphatic heterocycles. The molecule has 0 saturated carbocycles. The van der Waals surface area contributed by atoms with Crippen molar-refractivity contribution in [3.8, 4) is 5.75 Å². The molecule has 0 amide bonds. The molecule has 2 aromatic rings. The summed E-state index contributed by atoms with van der Waals surface area (Å²) in [6.07, 6.45) is 3.99. The van der Waals surface area contributed by atoms with E-state index in [9.17, 15) is 5.11 Å². The molecule has 0 spiro atoms. The minimum absolute atomic E-state index is 0.123. The minimum atomic E-state index is -0.777. The highest BCUT2D eigenvalue weighted by Gasteiger charge is 2.27. The van der Waals surface area contributed by atoms with Crippen molar-refractivity contribution in [3.63, 3.8) is 0 Å². The van der Waals surface area contributed by atoms with Crippen LogP contribution in [0.3, 0.4) is 0 Å². The van der Waals surface area contributed by atoms with Crippen LogP contribution in [0, 0.1) is 0 Å². The zero-order valence-electron chi connectivity index (χ0n) is 11.2. The fourth-order valence-electron chi connectivity index (χ4n) is 2.48. The van der Waals surface area contributed by atoms with E-state index in [2.05, 4.69) is 56.1 Å². The van der Waals surface area contributed by atoms with Gasteiger partial charge >= 0.3 is 0 Å². The summed E-state index contributed by atoms with van der Waals surface area (Å²) in [7, 11) is 0. The third-order valence-electron chi connectivity index (χ3n) is 3.47. The maximum absolute atomic E-state index is 9.93. The lowest BCUT2D eigenvalue weighted by Crippen LogP contribution is -2.24. The van der Waals surface area contributed by atoms with Crippen LogP contribution in [0.4, 0.5) is 0 Å². The first kappa shape index (κ1) is 14.8. The summed E-state index contributed by atoms with van der Waals surface area (Å²) < 4.78 is 7.40. The molecule has 2 atom stereocenters. The SMILES string of the molecule is OC1CC(/C=C/c2ccccc2)c2cc(Br)cc(Br)c2O1. The van der Waals surface area contributed by atoms with Crippen LogP contribution in [-0.4, -0.2) is 11.4 Å².